The van der Waals surface area contributed by atoms with Crippen molar-refractivity contribution < 1.29 is 36.2 Å². The lowest BCUT2D eigenvalue weighted by molar-refractivity contribution is -0.162. The first kappa shape index (κ1) is 20.3. The molecule has 1 aromatic rings. The van der Waals surface area contributed by atoms with Crippen molar-refractivity contribution in [3.05, 3.63) is 34.9 Å². The summed E-state index contributed by atoms with van der Waals surface area (Å²) >= 11 is 0. The fourth-order valence-electron chi connectivity index (χ4n) is 2.60. The predicted molar refractivity (Wildman–Crippen MR) is 74.2 cm³/mol. The first-order chi connectivity index (χ1) is 10.7. The number of carboxylic acids is 1. The number of carboxylic acid groups (broad SMARTS) is 1. The van der Waals surface area contributed by atoms with Gasteiger partial charge in [-0.15, -0.1) is 0 Å². The molecule has 0 aromatic heterocycles. The largest absolute Gasteiger partial charge is 0.480 e. The van der Waals surface area contributed by atoms with Crippen molar-refractivity contribution in [1.29, 1.82) is 0 Å². The van der Waals surface area contributed by atoms with Crippen molar-refractivity contribution in [2.75, 3.05) is 0 Å². The van der Waals surface area contributed by atoms with Crippen LogP contribution in [0.4, 0.5) is 26.3 Å². The molecular weight excluding hydrogens is 340 g/mol. The van der Waals surface area contributed by atoms with Gasteiger partial charge in [-0.05, 0) is 37.3 Å². The van der Waals surface area contributed by atoms with E-state index < -0.39 is 46.5 Å². The van der Waals surface area contributed by atoms with Gasteiger partial charge in [-0.3, -0.25) is 4.79 Å². The van der Waals surface area contributed by atoms with Gasteiger partial charge in [0.25, 0.3) is 0 Å². The molecule has 0 saturated heterocycles. The minimum atomic E-state index is -5.18. The van der Waals surface area contributed by atoms with Crippen LogP contribution in [0.15, 0.2) is 18.2 Å². The van der Waals surface area contributed by atoms with Crippen molar-refractivity contribution in [3.63, 3.8) is 0 Å². The average molecular weight is 357 g/mol. The Morgan fingerprint density at radius 2 is 1.71 bits per heavy atom. The molecule has 3 N–H and O–H groups in total. The highest BCUT2D eigenvalue weighted by molar-refractivity contribution is 5.77. The van der Waals surface area contributed by atoms with E-state index in [0.29, 0.717) is 6.07 Å². The van der Waals surface area contributed by atoms with Crippen LogP contribution in [0.5, 0.6) is 0 Å². The molecule has 0 fully saturated rings. The van der Waals surface area contributed by atoms with Gasteiger partial charge in [0.05, 0.1) is 11.1 Å². The molecular formula is C15H17F6NO2. The summed E-state index contributed by atoms with van der Waals surface area (Å²) < 4.78 is 78.0. The van der Waals surface area contributed by atoms with Crippen molar-refractivity contribution in [3.8, 4) is 0 Å². The highest BCUT2D eigenvalue weighted by atomic mass is 19.4. The molecule has 1 aromatic carbocycles. The molecule has 0 saturated carbocycles. The van der Waals surface area contributed by atoms with E-state index in [4.69, 9.17) is 10.8 Å². The van der Waals surface area contributed by atoms with Gasteiger partial charge < -0.3 is 10.8 Å². The fourth-order valence-corrected chi connectivity index (χ4v) is 2.60. The van der Waals surface area contributed by atoms with E-state index in [1.165, 1.54) is 13.8 Å². The molecule has 3 nitrogen and oxygen atoms in total. The number of hydrogen-bond acceptors (Lipinski definition) is 2. The number of rotatable bonds is 5. The summed E-state index contributed by atoms with van der Waals surface area (Å²) in [6.45, 7) is 2.64. The smallest absolute Gasteiger partial charge is 0.417 e. The Kier molecular flexibility index (Phi) is 5.59. The maximum Gasteiger partial charge on any atom is 0.417 e. The quantitative estimate of drug-likeness (QED) is 0.780. The first-order valence-corrected chi connectivity index (χ1v) is 6.95. The standard InChI is InChI=1S/C15H17F6NO2/c1-8(7-13(2,22)12(23)24)6-9-4-3-5-10(14(16,17)18)11(9)15(19,20)21/h3-5,8H,6-7,22H2,1-2H3,(H,23,24). The first-order valence-electron chi connectivity index (χ1n) is 6.95. The third kappa shape index (κ3) is 4.86. The SMILES string of the molecule is CC(Cc1cccc(C(F)(F)F)c1C(F)(F)F)CC(C)(N)C(=O)O. The second-order valence-corrected chi connectivity index (χ2v) is 6.07. The van der Waals surface area contributed by atoms with Gasteiger partial charge in [-0.2, -0.15) is 26.3 Å². The predicted octanol–water partition coefficient (Wildman–Crippen LogP) is 4.09. The van der Waals surface area contributed by atoms with Crippen molar-refractivity contribution in [2.45, 2.75) is 44.6 Å². The molecule has 2 unspecified atom stereocenters. The van der Waals surface area contributed by atoms with E-state index in [0.717, 1.165) is 12.1 Å². The molecule has 1 rings (SSSR count). The normalized spacial score (nSPS) is 16.5. The van der Waals surface area contributed by atoms with E-state index in [2.05, 4.69) is 0 Å². The molecule has 136 valence electrons. The summed E-state index contributed by atoms with van der Waals surface area (Å²) in [5, 5.41) is 8.94. The van der Waals surface area contributed by atoms with Crippen LogP contribution in [0.1, 0.15) is 37.0 Å². The Bertz CT molecular complexity index is 607. The third-order valence-corrected chi connectivity index (χ3v) is 3.57. The zero-order valence-electron chi connectivity index (χ0n) is 12.9. The summed E-state index contributed by atoms with van der Waals surface area (Å²) in [5.74, 6) is -2.00. The summed E-state index contributed by atoms with van der Waals surface area (Å²) in [6.07, 6.45) is -10.9. The van der Waals surface area contributed by atoms with Crippen LogP contribution in [-0.2, 0) is 23.6 Å². The van der Waals surface area contributed by atoms with Crippen molar-refractivity contribution in [1.82, 2.24) is 0 Å². The number of aliphatic carboxylic acids is 1. The van der Waals surface area contributed by atoms with Crippen LogP contribution in [0.2, 0.25) is 0 Å². The van der Waals surface area contributed by atoms with Gasteiger partial charge in [0.2, 0.25) is 0 Å². The molecule has 0 aliphatic carbocycles. The lowest BCUT2D eigenvalue weighted by Gasteiger charge is -2.25. The van der Waals surface area contributed by atoms with Crippen molar-refractivity contribution >= 4 is 5.97 Å². The molecule has 2 atom stereocenters. The van der Waals surface area contributed by atoms with Gasteiger partial charge in [-0.25, -0.2) is 0 Å². The number of nitrogens with two attached hydrogens (primary N) is 1. The molecule has 0 radical (unpaired) electrons. The lowest BCUT2D eigenvalue weighted by atomic mass is 9.85. The average Bonchev–Trinajstić information content (AvgIpc) is 2.34. The maximum absolute atomic E-state index is 13.1. The lowest BCUT2D eigenvalue weighted by Crippen LogP contribution is -2.46. The number of benzene rings is 1. The molecule has 0 spiro atoms. The second-order valence-electron chi connectivity index (χ2n) is 6.07. The number of alkyl halides is 6. The topological polar surface area (TPSA) is 63.3 Å². The van der Waals surface area contributed by atoms with Crippen LogP contribution < -0.4 is 5.73 Å². The summed E-state index contributed by atoms with van der Waals surface area (Å²) in [6, 6.07) is 2.24. The Labute approximate surface area is 134 Å². The number of hydrogen-bond donors (Lipinski definition) is 2. The molecule has 0 heterocycles. The summed E-state index contributed by atoms with van der Waals surface area (Å²) in [7, 11) is 0. The van der Waals surface area contributed by atoms with Crippen LogP contribution in [-0.4, -0.2) is 16.6 Å². The molecule has 0 amide bonds. The number of halogens is 6. The van der Waals surface area contributed by atoms with E-state index in [1.54, 1.807) is 0 Å². The monoisotopic (exact) mass is 357 g/mol. The fraction of sp³-hybridized carbons (Fsp3) is 0.533. The van der Waals surface area contributed by atoms with Gasteiger partial charge in [0.15, 0.2) is 0 Å². The van der Waals surface area contributed by atoms with E-state index in [-0.39, 0.29) is 12.8 Å². The van der Waals surface area contributed by atoms with Gasteiger partial charge in [0, 0.05) is 0 Å². The molecule has 0 aliphatic heterocycles. The highest BCUT2D eigenvalue weighted by Gasteiger charge is 2.44. The van der Waals surface area contributed by atoms with Crippen LogP contribution >= 0.6 is 0 Å². The van der Waals surface area contributed by atoms with Crippen LogP contribution in [0.25, 0.3) is 0 Å². The third-order valence-electron chi connectivity index (χ3n) is 3.57. The summed E-state index contributed by atoms with van der Waals surface area (Å²) in [5.41, 5.74) is -0.176. The van der Waals surface area contributed by atoms with E-state index >= 15 is 0 Å². The zero-order valence-corrected chi connectivity index (χ0v) is 12.9. The van der Waals surface area contributed by atoms with Crippen LogP contribution in [0, 0.1) is 5.92 Å². The second kappa shape index (κ2) is 6.62. The minimum absolute atomic E-state index is 0.185. The summed E-state index contributed by atoms with van der Waals surface area (Å²) in [4.78, 5) is 11.0. The zero-order chi connectivity index (χ0) is 18.9. The molecule has 24 heavy (non-hydrogen) atoms. The maximum atomic E-state index is 13.1. The van der Waals surface area contributed by atoms with Crippen LogP contribution in [0.3, 0.4) is 0 Å². The van der Waals surface area contributed by atoms with Crippen molar-refractivity contribution in [2.24, 2.45) is 11.7 Å². The highest BCUT2D eigenvalue weighted by Crippen LogP contribution is 2.42. The Morgan fingerprint density at radius 3 is 2.12 bits per heavy atom. The van der Waals surface area contributed by atoms with E-state index in [1.807, 2.05) is 0 Å². The minimum Gasteiger partial charge on any atom is -0.480 e. The Balaban J connectivity index is 3.24. The molecule has 0 bridgehead atoms. The molecule has 9 heteroatoms. The number of carbonyl (C=O) groups is 1. The van der Waals surface area contributed by atoms with Gasteiger partial charge in [-0.1, -0.05) is 19.1 Å². The van der Waals surface area contributed by atoms with Gasteiger partial charge >= 0.3 is 18.3 Å². The van der Waals surface area contributed by atoms with E-state index in [9.17, 15) is 31.1 Å². The molecule has 0 aliphatic rings. The van der Waals surface area contributed by atoms with Gasteiger partial charge in [0.1, 0.15) is 5.54 Å². The Hall–Kier alpha value is -1.77. The Morgan fingerprint density at radius 1 is 1.17 bits per heavy atom.